The number of halogens is 3. The van der Waals surface area contributed by atoms with Gasteiger partial charge in [0.2, 0.25) is 0 Å². The van der Waals surface area contributed by atoms with E-state index in [1.165, 1.54) is 12.3 Å². The molecule has 0 spiro atoms. The number of carbonyl (C=O) groups is 1. The maximum Gasteiger partial charge on any atom is 0.289 e. The molecule has 1 amide bonds. The Morgan fingerprint density at radius 1 is 1.25 bits per heavy atom. The minimum atomic E-state index is -0.280. The highest BCUT2D eigenvalue weighted by Gasteiger charge is 2.25. The topological polar surface area (TPSA) is 61.1 Å². The first-order valence-electron chi connectivity index (χ1n) is 8.88. The number of piperazine rings is 1. The second-order valence-corrected chi connectivity index (χ2v) is 7.08. The monoisotopic (exact) mass is 564 g/mol. The van der Waals surface area contributed by atoms with Crippen LogP contribution in [0.1, 0.15) is 23.0 Å². The van der Waals surface area contributed by atoms with Gasteiger partial charge in [-0.15, -0.1) is 24.0 Å². The Bertz CT molecular complexity index is 808. The number of aliphatic imine (C=N–C) groups is 1. The quantitative estimate of drug-likeness (QED) is 0.349. The Kier molecular flexibility index (Phi) is 8.74. The molecule has 0 radical (unpaired) electrons. The van der Waals surface area contributed by atoms with Crippen LogP contribution in [0, 0.1) is 5.82 Å². The Hall–Kier alpha value is -1.62. The number of benzene rings is 1. The molecule has 0 bridgehead atoms. The van der Waals surface area contributed by atoms with E-state index in [9.17, 15) is 9.18 Å². The molecule has 152 valence electrons. The lowest BCUT2D eigenvalue weighted by molar-refractivity contribution is 0.0657. The van der Waals surface area contributed by atoms with E-state index < -0.39 is 0 Å². The van der Waals surface area contributed by atoms with E-state index in [4.69, 9.17) is 4.42 Å². The summed E-state index contributed by atoms with van der Waals surface area (Å²) in [7, 11) is 0. The predicted molar refractivity (Wildman–Crippen MR) is 121 cm³/mol. The molecule has 0 unspecified atom stereocenters. The minimum Gasteiger partial charge on any atom is -0.459 e. The molecule has 1 saturated heterocycles. The van der Waals surface area contributed by atoms with Crippen LogP contribution in [-0.4, -0.2) is 54.4 Å². The van der Waals surface area contributed by atoms with E-state index in [-0.39, 0.29) is 42.2 Å². The number of hydrogen-bond donors (Lipinski definition) is 1. The summed E-state index contributed by atoms with van der Waals surface area (Å²) in [4.78, 5) is 20.8. The number of carbonyl (C=O) groups excluding carboxylic acids is 1. The molecule has 3 rings (SSSR count). The molecule has 0 aliphatic carbocycles. The maximum absolute atomic E-state index is 14.0. The van der Waals surface area contributed by atoms with Crippen molar-refractivity contribution in [2.24, 2.45) is 4.99 Å². The van der Waals surface area contributed by atoms with E-state index in [1.54, 1.807) is 29.2 Å². The molecule has 2 heterocycles. The van der Waals surface area contributed by atoms with Gasteiger partial charge in [-0.3, -0.25) is 4.79 Å². The highest BCUT2D eigenvalue weighted by Crippen LogP contribution is 2.16. The normalized spacial score (nSPS) is 14.6. The van der Waals surface area contributed by atoms with E-state index in [2.05, 4.69) is 31.1 Å². The SMILES string of the molecule is CCNC(=NCc1ccc(Br)cc1F)N1CCN(C(=O)c2ccco2)CC1.I. The summed E-state index contributed by atoms with van der Waals surface area (Å²) in [6, 6.07) is 8.36. The second-order valence-electron chi connectivity index (χ2n) is 6.16. The van der Waals surface area contributed by atoms with Crippen LogP contribution in [0.25, 0.3) is 0 Å². The molecule has 0 saturated carbocycles. The zero-order valence-corrected chi connectivity index (χ0v) is 19.4. The second kappa shape index (κ2) is 10.8. The van der Waals surface area contributed by atoms with Gasteiger partial charge in [0.05, 0.1) is 12.8 Å². The van der Waals surface area contributed by atoms with Crippen molar-refractivity contribution in [3.05, 3.63) is 58.2 Å². The van der Waals surface area contributed by atoms with Gasteiger partial charge in [-0.2, -0.15) is 0 Å². The van der Waals surface area contributed by atoms with Crippen LogP contribution in [0.5, 0.6) is 0 Å². The molecule has 0 atom stereocenters. The summed E-state index contributed by atoms with van der Waals surface area (Å²) >= 11 is 3.26. The first-order valence-corrected chi connectivity index (χ1v) is 9.67. The van der Waals surface area contributed by atoms with Gasteiger partial charge in [0.25, 0.3) is 5.91 Å². The van der Waals surface area contributed by atoms with Crippen molar-refractivity contribution in [1.29, 1.82) is 0 Å². The van der Waals surface area contributed by atoms with Gasteiger partial charge in [0.15, 0.2) is 11.7 Å². The van der Waals surface area contributed by atoms with Crippen molar-refractivity contribution < 1.29 is 13.6 Å². The van der Waals surface area contributed by atoms with Gasteiger partial charge in [0.1, 0.15) is 5.82 Å². The molecule has 1 aliphatic rings. The number of nitrogens with one attached hydrogen (secondary N) is 1. The average molecular weight is 565 g/mol. The zero-order valence-electron chi connectivity index (χ0n) is 15.5. The van der Waals surface area contributed by atoms with E-state index in [0.29, 0.717) is 48.5 Å². The number of rotatable bonds is 4. The minimum absolute atomic E-state index is 0. The number of hydrogen-bond acceptors (Lipinski definition) is 3. The molecule has 1 fully saturated rings. The molecule has 1 N–H and O–H groups in total. The lowest BCUT2D eigenvalue weighted by Crippen LogP contribution is -2.53. The summed E-state index contributed by atoms with van der Waals surface area (Å²) in [5.74, 6) is 0.705. The van der Waals surface area contributed by atoms with E-state index in [0.717, 1.165) is 5.96 Å². The van der Waals surface area contributed by atoms with Crippen molar-refractivity contribution in [2.75, 3.05) is 32.7 Å². The van der Waals surface area contributed by atoms with Crippen LogP contribution in [0.3, 0.4) is 0 Å². The summed E-state index contributed by atoms with van der Waals surface area (Å²) in [5, 5.41) is 3.25. The Labute approximate surface area is 189 Å². The van der Waals surface area contributed by atoms with Crippen molar-refractivity contribution in [3.8, 4) is 0 Å². The van der Waals surface area contributed by atoms with Crippen molar-refractivity contribution in [1.82, 2.24) is 15.1 Å². The van der Waals surface area contributed by atoms with Gasteiger partial charge in [0, 0.05) is 42.8 Å². The van der Waals surface area contributed by atoms with Crippen LogP contribution in [0.4, 0.5) is 4.39 Å². The van der Waals surface area contributed by atoms with Crippen LogP contribution >= 0.6 is 39.9 Å². The van der Waals surface area contributed by atoms with Gasteiger partial charge >= 0.3 is 0 Å². The lowest BCUT2D eigenvalue weighted by Gasteiger charge is -2.36. The molecule has 1 aromatic carbocycles. The first kappa shape index (κ1) is 22.7. The first-order chi connectivity index (χ1) is 13.1. The number of nitrogens with zero attached hydrogens (tertiary/aromatic N) is 3. The lowest BCUT2D eigenvalue weighted by atomic mass is 10.2. The zero-order chi connectivity index (χ0) is 19.2. The molecule has 28 heavy (non-hydrogen) atoms. The molecule has 6 nitrogen and oxygen atoms in total. The van der Waals surface area contributed by atoms with Gasteiger partial charge in [-0.1, -0.05) is 22.0 Å². The highest BCUT2D eigenvalue weighted by molar-refractivity contribution is 14.0. The Morgan fingerprint density at radius 2 is 1.96 bits per heavy atom. The fourth-order valence-electron chi connectivity index (χ4n) is 2.91. The third-order valence-corrected chi connectivity index (χ3v) is 4.84. The van der Waals surface area contributed by atoms with E-state index in [1.807, 2.05) is 6.92 Å². The van der Waals surface area contributed by atoms with Crippen LogP contribution in [-0.2, 0) is 6.54 Å². The van der Waals surface area contributed by atoms with Crippen molar-refractivity contribution in [2.45, 2.75) is 13.5 Å². The van der Waals surface area contributed by atoms with Crippen LogP contribution in [0.15, 0.2) is 50.5 Å². The summed E-state index contributed by atoms with van der Waals surface area (Å²) in [5.41, 5.74) is 0.542. The summed E-state index contributed by atoms with van der Waals surface area (Å²) in [6.45, 7) is 5.43. The highest BCUT2D eigenvalue weighted by atomic mass is 127. The number of amides is 1. The smallest absolute Gasteiger partial charge is 0.289 e. The fraction of sp³-hybridized carbons (Fsp3) is 0.368. The standard InChI is InChI=1S/C19H22BrFN4O2.HI/c1-2-22-19(23-13-14-5-6-15(20)12-16(14)21)25-9-7-24(8-10-25)18(26)17-4-3-11-27-17;/h3-6,11-12H,2,7-10,13H2,1H3,(H,22,23);1H. The van der Waals surface area contributed by atoms with Crippen LogP contribution < -0.4 is 5.32 Å². The Balaban J connectivity index is 0.00000280. The van der Waals surface area contributed by atoms with Gasteiger partial charge in [-0.25, -0.2) is 9.38 Å². The average Bonchev–Trinajstić information content (AvgIpc) is 3.21. The summed E-state index contributed by atoms with van der Waals surface area (Å²) in [6.07, 6.45) is 1.50. The van der Waals surface area contributed by atoms with Crippen molar-refractivity contribution in [3.63, 3.8) is 0 Å². The molecular formula is C19H23BrFIN4O2. The molecule has 1 aliphatic heterocycles. The van der Waals surface area contributed by atoms with Crippen molar-refractivity contribution >= 4 is 51.8 Å². The molecule has 1 aromatic heterocycles. The third-order valence-electron chi connectivity index (χ3n) is 4.35. The molecule has 2 aromatic rings. The summed E-state index contributed by atoms with van der Waals surface area (Å²) < 4.78 is 19.9. The fourth-order valence-corrected chi connectivity index (χ4v) is 3.25. The Morgan fingerprint density at radius 3 is 2.57 bits per heavy atom. The largest absolute Gasteiger partial charge is 0.459 e. The number of guanidine groups is 1. The predicted octanol–water partition coefficient (Wildman–Crippen LogP) is 3.72. The third kappa shape index (κ3) is 5.69. The molecular weight excluding hydrogens is 542 g/mol. The number of furan rings is 1. The maximum atomic E-state index is 14.0. The van der Waals surface area contributed by atoms with Crippen LogP contribution in [0.2, 0.25) is 0 Å². The van der Waals surface area contributed by atoms with Gasteiger partial charge < -0.3 is 19.5 Å². The molecule has 9 heteroatoms. The van der Waals surface area contributed by atoms with E-state index >= 15 is 0 Å². The van der Waals surface area contributed by atoms with Gasteiger partial charge in [-0.05, 0) is 31.2 Å².